The maximum atomic E-state index is 2.49. The normalized spacial score (nSPS) is 14.5. The van der Waals surface area contributed by atoms with Crippen molar-refractivity contribution in [3.63, 3.8) is 0 Å². The molecule has 17 aromatic carbocycles. The van der Waals surface area contributed by atoms with Gasteiger partial charge in [-0.1, -0.05) is 336 Å². The molecular weight excluding hydrogens is 1570 g/mol. The predicted molar refractivity (Wildman–Crippen MR) is 541 cm³/mol. The fraction of sp³-hybridized carbons (Fsp3) is 0.124. The summed E-state index contributed by atoms with van der Waals surface area (Å²) in [5.74, 6) is 0. The zero-order chi connectivity index (χ0) is 86.0. The molecule has 0 fully saturated rings. The minimum Gasteiger partial charge on any atom is -0.310 e. The summed E-state index contributed by atoms with van der Waals surface area (Å²) in [4.78, 5) is 15.4. The highest BCUT2D eigenvalue weighted by Crippen LogP contribution is 2.67. The lowest BCUT2D eigenvalue weighted by Gasteiger charge is -2.31. The van der Waals surface area contributed by atoms with E-state index in [1.807, 2.05) is 22.7 Å². The molecule has 0 saturated carbocycles. The van der Waals surface area contributed by atoms with Gasteiger partial charge in [-0.3, -0.25) is 0 Å². The van der Waals surface area contributed by atoms with Gasteiger partial charge in [0.1, 0.15) is 0 Å². The molecule has 2 aromatic heterocycles. The first kappa shape index (κ1) is 77.6. The monoisotopic (exact) mass is 1670 g/mol. The average Bonchev–Trinajstić information content (AvgIpc) is 1.52. The Balaban J connectivity index is 0.000000146. The molecule has 19 aromatic rings. The zero-order valence-electron chi connectivity index (χ0n) is 73.2. The van der Waals surface area contributed by atoms with E-state index in [-0.39, 0.29) is 27.1 Å². The van der Waals surface area contributed by atoms with Crippen molar-refractivity contribution in [3.8, 4) is 75.1 Å². The average molecular weight is 1670 g/mol. The second kappa shape index (κ2) is 29.5. The summed E-state index contributed by atoms with van der Waals surface area (Å²) in [6.07, 6.45) is 0. The molecule has 4 nitrogen and oxygen atoms in total. The molecule has 5 aliphatic rings. The van der Waals surface area contributed by atoms with E-state index < -0.39 is 0 Å². The fourth-order valence-electron chi connectivity index (χ4n) is 22.2. The Kier molecular flexibility index (Phi) is 18.0. The van der Waals surface area contributed by atoms with E-state index in [4.69, 9.17) is 0 Å². The van der Waals surface area contributed by atoms with Gasteiger partial charge in [0.2, 0.25) is 0 Å². The van der Waals surface area contributed by atoms with Crippen LogP contribution < -0.4 is 19.6 Å². The third kappa shape index (κ3) is 12.2. The van der Waals surface area contributed by atoms with E-state index in [1.54, 1.807) is 0 Å². The molecule has 24 rings (SSSR count). The highest BCUT2D eigenvalue weighted by molar-refractivity contribution is 7.20. The smallest absolute Gasteiger partial charge is 0.0540 e. The van der Waals surface area contributed by atoms with Gasteiger partial charge < -0.3 is 19.6 Å². The molecule has 2 heterocycles. The van der Waals surface area contributed by atoms with Gasteiger partial charge in [-0.05, 0) is 255 Å². The SMILES string of the molecule is CC1(C)c2cc(N(c3ccccc3)c3ccc4c(ccc5ccccc54)c3)ccc2-c2sc3c(c21)C(C)(C)c1cc(N(c2ccccc2)c2ccccc2-c2ccccc2)ccc1-3.CC1(C)c2ccccc2-c2ccc(N(c3ccccc3)c3ccc4c(c3)C(C)(C)c3c-4sc4c3C(C)(C)c3cc(N(c5ccccc5)c5ccccc5-c5ccccc5)ccc3-4)cc21. The van der Waals surface area contributed by atoms with Crippen LogP contribution in [-0.2, 0) is 27.1 Å². The zero-order valence-corrected chi connectivity index (χ0v) is 74.8. The van der Waals surface area contributed by atoms with Gasteiger partial charge >= 0.3 is 0 Å². The minimum absolute atomic E-state index is 0.0868. The number of fused-ring (bicyclic) bond motifs is 20. The first-order valence-electron chi connectivity index (χ1n) is 44.6. The Labute approximate surface area is 753 Å². The molecule has 0 radical (unpaired) electrons. The van der Waals surface area contributed by atoms with Crippen LogP contribution >= 0.6 is 22.7 Å². The maximum Gasteiger partial charge on any atom is 0.0540 e. The Morgan fingerprint density at radius 3 is 0.835 bits per heavy atom. The van der Waals surface area contributed by atoms with Crippen LogP contribution in [0.5, 0.6) is 0 Å². The number of nitrogens with zero attached hydrogens (tertiary/aromatic N) is 4. The quantitative estimate of drug-likeness (QED) is 0.101. The van der Waals surface area contributed by atoms with Crippen LogP contribution in [0.25, 0.3) is 96.7 Å². The van der Waals surface area contributed by atoms with Crippen LogP contribution in [0.15, 0.2) is 400 Å². The number of thiophene rings is 2. The van der Waals surface area contributed by atoms with E-state index in [9.17, 15) is 0 Å². The summed E-state index contributed by atoms with van der Waals surface area (Å²) in [6.45, 7) is 24.4. The van der Waals surface area contributed by atoms with E-state index >= 15 is 0 Å². The predicted octanol–water partition coefficient (Wildman–Crippen LogP) is 34.5. The Morgan fingerprint density at radius 2 is 0.441 bits per heavy atom. The van der Waals surface area contributed by atoms with Crippen molar-refractivity contribution >= 4 is 112 Å². The lowest BCUT2D eigenvalue weighted by atomic mass is 9.74. The summed E-state index contributed by atoms with van der Waals surface area (Å²) in [7, 11) is 0. The largest absolute Gasteiger partial charge is 0.310 e. The van der Waals surface area contributed by atoms with Crippen molar-refractivity contribution in [3.05, 3.63) is 456 Å². The maximum absolute atomic E-state index is 2.49. The van der Waals surface area contributed by atoms with Crippen LogP contribution in [0.2, 0.25) is 0 Å². The van der Waals surface area contributed by atoms with Crippen molar-refractivity contribution in [1.82, 2.24) is 0 Å². The van der Waals surface area contributed by atoms with Gasteiger partial charge in [0, 0.05) is 115 Å². The Hall–Kier alpha value is -14.1. The van der Waals surface area contributed by atoms with Gasteiger partial charge in [-0.15, -0.1) is 22.7 Å². The number of rotatable bonds is 14. The fourth-order valence-corrected chi connectivity index (χ4v) is 25.6. The van der Waals surface area contributed by atoms with Gasteiger partial charge in [-0.25, -0.2) is 0 Å². The number of anilines is 12. The van der Waals surface area contributed by atoms with Gasteiger partial charge in [0.25, 0.3) is 0 Å². The van der Waals surface area contributed by atoms with E-state index in [1.165, 1.54) is 181 Å². The van der Waals surface area contributed by atoms with Gasteiger partial charge in [-0.2, -0.15) is 0 Å². The minimum atomic E-state index is -0.209. The molecule has 0 bridgehead atoms. The molecule has 0 atom stereocenters. The first-order valence-corrected chi connectivity index (χ1v) is 46.2. The summed E-state index contributed by atoms with van der Waals surface area (Å²) < 4.78 is 0. The summed E-state index contributed by atoms with van der Waals surface area (Å²) in [6, 6.07) is 148. The van der Waals surface area contributed by atoms with Crippen LogP contribution in [0.3, 0.4) is 0 Å². The number of benzene rings is 17. The molecule has 6 heteroatoms. The highest BCUT2D eigenvalue weighted by Gasteiger charge is 2.51. The second-order valence-electron chi connectivity index (χ2n) is 37.5. The Bertz CT molecular complexity index is 7600. The lowest BCUT2D eigenvalue weighted by molar-refractivity contribution is 0.603. The van der Waals surface area contributed by atoms with Crippen molar-refractivity contribution < 1.29 is 0 Å². The number of hydrogen-bond donors (Lipinski definition) is 0. The van der Waals surface area contributed by atoms with Crippen molar-refractivity contribution in [2.24, 2.45) is 0 Å². The van der Waals surface area contributed by atoms with E-state index in [0.29, 0.717) is 0 Å². The number of hydrogen-bond acceptors (Lipinski definition) is 6. The number of para-hydroxylation sites is 6. The van der Waals surface area contributed by atoms with Gasteiger partial charge in [0.05, 0.1) is 11.4 Å². The summed E-state index contributed by atoms with van der Waals surface area (Å²) >= 11 is 3.98. The molecule has 612 valence electrons. The third-order valence-electron chi connectivity index (χ3n) is 28.4. The summed E-state index contributed by atoms with van der Waals surface area (Å²) in [5, 5.41) is 5.07. The van der Waals surface area contributed by atoms with Crippen LogP contribution in [-0.4, -0.2) is 0 Å². The van der Waals surface area contributed by atoms with Crippen LogP contribution in [0.1, 0.15) is 125 Å². The van der Waals surface area contributed by atoms with Gasteiger partial charge in [0.15, 0.2) is 0 Å². The Morgan fingerprint density at radius 1 is 0.173 bits per heavy atom. The van der Waals surface area contributed by atoms with E-state index in [2.05, 4.69) is 489 Å². The van der Waals surface area contributed by atoms with Crippen molar-refractivity contribution in [2.75, 3.05) is 19.6 Å². The molecule has 0 N–H and O–H groups in total. The van der Waals surface area contributed by atoms with Crippen LogP contribution in [0.4, 0.5) is 68.2 Å². The highest BCUT2D eigenvalue weighted by atomic mass is 32.1. The molecular formula is C121H96N4S2. The second-order valence-corrected chi connectivity index (χ2v) is 39.5. The molecule has 0 amide bonds. The van der Waals surface area contributed by atoms with E-state index in [0.717, 1.165) is 39.8 Å². The molecule has 0 saturated heterocycles. The lowest BCUT2D eigenvalue weighted by Crippen LogP contribution is -2.23. The standard InChI is InChI=1S/C61H50N2S.C60H46N2S/c1-59(2)50-28-18-16-27-46(50)47-33-30-42(36-51(47)59)62(40-22-12-8-13-23-40)43-31-34-48-52(37-43)60(3,4)55-56-58(64-57(48)55)49-35-32-44(38-53(49)61(56,5)6)63(41-24-14-9-15-25-41)54-29-19-17-26-45(54)39-20-10-7-11-21-39;1-59(2)52-37-45(61(42-21-10-6-11-22-42)44-30-33-48-41(36-44)29-28-40-20-14-15-25-47(40)48)31-34-50(52)57-55(59)56-58(63-57)51-35-32-46(38-53(51)60(56,3)4)62(43-23-12-7-13-24-43)54-27-17-16-26-49(54)39-18-8-5-9-19-39/h7-38H,1-6H3;5-38H,1-4H3. The molecule has 127 heavy (non-hydrogen) atoms. The molecule has 0 spiro atoms. The third-order valence-corrected chi connectivity index (χ3v) is 30.9. The first-order chi connectivity index (χ1) is 61.8. The van der Waals surface area contributed by atoms with Crippen LogP contribution in [0, 0.1) is 0 Å². The molecule has 5 aliphatic carbocycles. The van der Waals surface area contributed by atoms with Crippen molar-refractivity contribution in [2.45, 2.75) is 96.3 Å². The molecule has 0 unspecified atom stereocenters. The molecule has 0 aliphatic heterocycles. The van der Waals surface area contributed by atoms with Crippen molar-refractivity contribution in [1.29, 1.82) is 0 Å². The summed E-state index contributed by atoms with van der Waals surface area (Å²) in [5.41, 5.74) is 40.2. The topological polar surface area (TPSA) is 13.0 Å².